The number of aromatic nitrogens is 3. The second kappa shape index (κ2) is 5.60. The highest BCUT2D eigenvalue weighted by Crippen LogP contribution is 2.16. The van der Waals surface area contributed by atoms with E-state index in [2.05, 4.69) is 23.9 Å². The van der Waals surface area contributed by atoms with Crippen molar-refractivity contribution in [1.82, 2.24) is 14.8 Å². The van der Waals surface area contributed by atoms with Crippen LogP contribution in [0, 0.1) is 5.92 Å². The summed E-state index contributed by atoms with van der Waals surface area (Å²) in [5.41, 5.74) is 6.16. The van der Waals surface area contributed by atoms with E-state index in [1.54, 1.807) is 6.33 Å². The molecule has 0 spiro atoms. The molecule has 2 N–H and O–H groups in total. The van der Waals surface area contributed by atoms with Gasteiger partial charge in [0.15, 0.2) is 0 Å². The maximum absolute atomic E-state index is 6.16. The summed E-state index contributed by atoms with van der Waals surface area (Å²) in [6.07, 6.45) is 4.74. The van der Waals surface area contributed by atoms with E-state index in [4.69, 9.17) is 10.5 Å². The van der Waals surface area contributed by atoms with Gasteiger partial charge in [0.05, 0.1) is 6.10 Å². The van der Waals surface area contributed by atoms with Crippen LogP contribution in [0.4, 0.5) is 0 Å². The Kier molecular flexibility index (Phi) is 4.12. The molecule has 96 valence electrons. The molecule has 0 aliphatic carbocycles. The Morgan fingerprint density at radius 1 is 1.59 bits per heavy atom. The van der Waals surface area contributed by atoms with Crippen LogP contribution in [0.2, 0.25) is 0 Å². The lowest BCUT2D eigenvalue weighted by Gasteiger charge is -2.18. The molecule has 2 rings (SSSR count). The van der Waals surface area contributed by atoms with Gasteiger partial charge in [0.2, 0.25) is 0 Å². The van der Waals surface area contributed by atoms with Crippen molar-refractivity contribution >= 4 is 0 Å². The minimum absolute atomic E-state index is 0.0348. The lowest BCUT2D eigenvalue weighted by atomic mass is 10.1. The number of nitrogens with zero attached hydrogens (tertiary/aromatic N) is 3. The van der Waals surface area contributed by atoms with Crippen LogP contribution in [0.1, 0.15) is 32.5 Å². The first-order chi connectivity index (χ1) is 8.16. The summed E-state index contributed by atoms with van der Waals surface area (Å²) in [6, 6.07) is 0.0348. The highest BCUT2D eigenvalue weighted by atomic mass is 16.5. The molecule has 2 unspecified atom stereocenters. The predicted octanol–water partition coefficient (Wildman–Crippen LogP) is 0.983. The smallest absolute Gasteiger partial charge is 0.138 e. The molecule has 1 fully saturated rings. The summed E-state index contributed by atoms with van der Waals surface area (Å²) < 4.78 is 7.56. The molecular formula is C12H22N4O. The molecule has 1 aromatic heterocycles. The van der Waals surface area contributed by atoms with Crippen LogP contribution in [0.15, 0.2) is 6.33 Å². The Balaban J connectivity index is 1.95. The zero-order valence-electron chi connectivity index (χ0n) is 10.7. The molecule has 0 radical (unpaired) electrons. The monoisotopic (exact) mass is 238 g/mol. The number of rotatable bonds is 5. The summed E-state index contributed by atoms with van der Waals surface area (Å²) in [4.78, 5) is 4.30. The molecule has 5 nitrogen and oxygen atoms in total. The number of nitrogens with two attached hydrogens (primary N) is 1. The Hall–Kier alpha value is -0.940. The Morgan fingerprint density at radius 3 is 3.06 bits per heavy atom. The number of hydrogen-bond acceptors (Lipinski definition) is 4. The molecule has 5 heteroatoms. The van der Waals surface area contributed by atoms with Gasteiger partial charge in [-0.05, 0) is 18.8 Å². The molecular weight excluding hydrogens is 216 g/mol. The summed E-state index contributed by atoms with van der Waals surface area (Å²) in [5.74, 6) is 1.54. The third-order valence-corrected chi connectivity index (χ3v) is 3.09. The van der Waals surface area contributed by atoms with E-state index in [1.165, 1.54) is 0 Å². The van der Waals surface area contributed by atoms with Crippen molar-refractivity contribution in [2.45, 2.75) is 51.8 Å². The molecule has 2 atom stereocenters. The van der Waals surface area contributed by atoms with E-state index in [0.29, 0.717) is 5.92 Å². The fraction of sp³-hybridized carbons (Fsp3) is 0.833. The third kappa shape index (κ3) is 3.26. The minimum Gasteiger partial charge on any atom is -0.377 e. The Bertz CT molecular complexity index is 344. The molecule has 0 bridgehead atoms. The topological polar surface area (TPSA) is 66.0 Å². The zero-order valence-corrected chi connectivity index (χ0v) is 10.7. The van der Waals surface area contributed by atoms with Gasteiger partial charge in [-0.1, -0.05) is 13.8 Å². The van der Waals surface area contributed by atoms with Gasteiger partial charge in [-0.25, -0.2) is 9.67 Å². The van der Waals surface area contributed by atoms with Gasteiger partial charge >= 0.3 is 0 Å². The maximum Gasteiger partial charge on any atom is 0.138 e. The summed E-state index contributed by atoms with van der Waals surface area (Å²) >= 11 is 0. The molecule has 1 saturated heterocycles. The molecule has 0 saturated carbocycles. The quantitative estimate of drug-likeness (QED) is 0.830. The number of ether oxygens (including phenoxy) is 1. The van der Waals surface area contributed by atoms with E-state index in [-0.39, 0.29) is 12.1 Å². The van der Waals surface area contributed by atoms with Gasteiger partial charge in [-0.2, -0.15) is 5.10 Å². The zero-order chi connectivity index (χ0) is 12.3. The fourth-order valence-corrected chi connectivity index (χ4v) is 2.23. The summed E-state index contributed by atoms with van der Waals surface area (Å²) in [6.45, 7) is 6.08. The van der Waals surface area contributed by atoms with E-state index < -0.39 is 0 Å². The van der Waals surface area contributed by atoms with Gasteiger partial charge in [0, 0.05) is 25.6 Å². The average Bonchev–Trinajstić information content (AvgIpc) is 2.89. The van der Waals surface area contributed by atoms with Crippen molar-refractivity contribution in [3.63, 3.8) is 0 Å². The molecule has 0 aromatic carbocycles. The summed E-state index contributed by atoms with van der Waals surface area (Å²) in [7, 11) is 0. The van der Waals surface area contributed by atoms with Crippen LogP contribution in [-0.2, 0) is 17.7 Å². The molecule has 1 aliphatic rings. The lowest BCUT2D eigenvalue weighted by molar-refractivity contribution is 0.0891. The first kappa shape index (κ1) is 12.5. The van der Waals surface area contributed by atoms with Gasteiger partial charge < -0.3 is 10.5 Å². The van der Waals surface area contributed by atoms with Crippen LogP contribution in [0.3, 0.4) is 0 Å². The van der Waals surface area contributed by atoms with Crippen LogP contribution in [0.5, 0.6) is 0 Å². The van der Waals surface area contributed by atoms with Crippen molar-refractivity contribution in [2.75, 3.05) is 6.61 Å². The van der Waals surface area contributed by atoms with Crippen LogP contribution >= 0.6 is 0 Å². The summed E-state index contributed by atoms with van der Waals surface area (Å²) in [5, 5.41) is 4.25. The van der Waals surface area contributed by atoms with Crippen LogP contribution < -0.4 is 5.73 Å². The fourth-order valence-electron chi connectivity index (χ4n) is 2.23. The van der Waals surface area contributed by atoms with Crippen molar-refractivity contribution in [2.24, 2.45) is 11.7 Å². The second-order valence-electron chi connectivity index (χ2n) is 5.17. The van der Waals surface area contributed by atoms with Gasteiger partial charge in [0.25, 0.3) is 0 Å². The van der Waals surface area contributed by atoms with Crippen molar-refractivity contribution in [3.05, 3.63) is 12.2 Å². The van der Waals surface area contributed by atoms with Crippen molar-refractivity contribution in [1.29, 1.82) is 0 Å². The van der Waals surface area contributed by atoms with Gasteiger partial charge in [-0.3, -0.25) is 0 Å². The Morgan fingerprint density at radius 2 is 2.41 bits per heavy atom. The molecule has 17 heavy (non-hydrogen) atoms. The third-order valence-electron chi connectivity index (χ3n) is 3.09. The SMILES string of the molecule is CC(C)Cn1ncnc1CC(N)C1CCCO1. The van der Waals surface area contributed by atoms with Crippen LogP contribution in [-0.4, -0.2) is 33.5 Å². The second-order valence-corrected chi connectivity index (χ2v) is 5.17. The van der Waals surface area contributed by atoms with Crippen molar-refractivity contribution in [3.8, 4) is 0 Å². The molecule has 2 heterocycles. The first-order valence-corrected chi connectivity index (χ1v) is 6.40. The average molecular weight is 238 g/mol. The van der Waals surface area contributed by atoms with Crippen LogP contribution in [0.25, 0.3) is 0 Å². The molecule has 1 aromatic rings. The predicted molar refractivity (Wildman–Crippen MR) is 65.5 cm³/mol. The molecule has 1 aliphatic heterocycles. The molecule has 0 amide bonds. The van der Waals surface area contributed by atoms with E-state index in [1.807, 2.05) is 4.68 Å². The minimum atomic E-state index is 0.0348. The van der Waals surface area contributed by atoms with Gasteiger partial charge in [-0.15, -0.1) is 0 Å². The van der Waals surface area contributed by atoms with E-state index in [9.17, 15) is 0 Å². The highest BCUT2D eigenvalue weighted by Gasteiger charge is 2.24. The van der Waals surface area contributed by atoms with E-state index >= 15 is 0 Å². The van der Waals surface area contributed by atoms with Gasteiger partial charge in [0.1, 0.15) is 12.2 Å². The normalized spacial score (nSPS) is 22.2. The standard InChI is InChI=1S/C12H22N4O/c1-9(2)7-16-12(14-8-15-16)6-10(13)11-4-3-5-17-11/h8-11H,3-7,13H2,1-2H3. The lowest BCUT2D eigenvalue weighted by Crippen LogP contribution is -2.37. The largest absolute Gasteiger partial charge is 0.377 e. The Labute approximate surface area is 102 Å². The maximum atomic E-state index is 6.16. The first-order valence-electron chi connectivity index (χ1n) is 6.40. The van der Waals surface area contributed by atoms with E-state index in [0.717, 1.165) is 38.2 Å². The number of hydrogen-bond donors (Lipinski definition) is 1. The highest BCUT2D eigenvalue weighted by molar-refractivity contribution is 4.92. The van der Waals surface area contributed by atoms with Crippen molar-refractivity contribution < 1.29 is 4.74 Å².